The van der Waals surface area contributed by atoms with E-state index in [0.717, 1.165) is 19.4 Å². The van der Waals surface area contributed by atoms with Crippen LogP contribution in [-0.4, -0.2) is 29.6 Å². The van der Waals surface area contributed by atoms with Gasteiger partial charge in [0.2, 0.25) is 0 Å². The van der Waals surface area contributed by atoms with Crippen molar-refractivity contribution in [3.05, 3.63) is 30.1 Å². The number of nitrogens with one attached hydrogen (secondary N) is 1. The molecule has 2 unspecified atom stereocenters. The quantitative estimate of drug-likeness (QED) is 0.837. The molecule has 1 fully saturated rings. The third kappa shape index (κ3) is 2.58. The second-order valence-electron chi connectivity index (χ2n) is 4.06. The Hall–Kier alpha value is -1.42. The molecular weight excluding hydrogens is 204 g/mol. The first-order valence-corrected chi connectivity index (χ1v) is 5.60. The van der Waals surface area contributed by atoms with Crippen molar-refractivity contribution in [3.63, 3.8) is 0 Å². The third-order valence-electron chi connectivity index (χ3n) is 2.81. The van der Waals surface area contributed by atoms with Crippen molar-refractivity contribution in [2.45, 2.75) is 31.9 Å². The summed E-state index contributed by atoms with van der Waals surface area (Å²) in [5.41, 5.74) is 0.590. The minimum absolute atomic E-state index is 0.0511. The molecule has 2 heterocycles. The zero-order chi connectivity index (χ0) is 11.4. The van der Waals surface area contributed by atoms with Crippen LogP contribution in [0.25, 0.3) is 0 Å². The monoisotopic (exact) mass is 220 g/mol. The molecular formula is C12H16N2O2. The molecule has 2 rings (SSSR count). The summed E-state index contributed by atoms with van der Waals surface area (Å²) >= 11 is 0. The van der Waals surface area contributed by atoms with Crippen LogP contribution in [0.5, 0.6) is 0 Å². The summed E-state index contributed by atoms with van der Waals surface area (Å²) in [5, 5.41) is 2.93. The van der Waals surface area contributed by atoms with Crippen LogP contribution in [0.3, 0.4) is 0 Å². The number of ether oxygens (including phenoxy) is 1. The molecule has 0 aromatic carbocycles. The van der Waals surface area contributed by atoms with Crippen LogP contribution in [0, 0.1) is 0 Å². The van der Waals surface area contributed by atoms with E-state index >= 15 is 0 Å². The molecule has 4 heteroatoms. The molecule has 86 valence electrons. The SMILES string of the molecule is CC(NC(=O)c1cccnc1)C1CCCO1. The number of nitrogens with zero attached hydrogens (tertiary/aromatic N) is 1. The highest BCUT2D eigenvalue weighted by atomic mass is 16.5. The number of amides is 1. The van der Waals surface area contributed by atoms with Crippen molar-refractivity contribution in [2.75, 3.05) is 6.61 Å². The predicted octanol–water partition coefficient (Wildman–Crippen LogP) is 1.38. The van der Waals surface area contributed by atoms with Gasteiger partial charge in [0.1, 0.15) is 0 Å². The van der Waals surface area contributed by atoms with E-state index in [-0.39, 0.29) is 18.1 Å². The molecule has 0 bridgehead atoms. The third-order valence-corrected chi connectivity index (χ3v) is 2.81. The van der Waals surface area contributed by atoms with E-state index in [0.29, 0.717) is 5.56 Å². The predicted molar refractivity (Wildman–Crippen MR) is 60.1 cm³/mol. The summed E-state index contributed by atoms with van der Waals surface area (Å²) in [7, 11) is 0. The molecule has 16 heavy (non-hydrogen) atoms. The van der Waals surface area contributed by atoms with Gasteiger partial charge in [-0.1, -0.05) is 0 Å². The summed E-state index contributed by atoms with van der Waals surface area (Å²) in [5.74, 6) is -0.0869. The fraction of sp³-hybridized carbons (Fsp3) is 0.500. The summed E-state index contributed by atoms with van der Waals surface area (Å²) in [6, 6.07) is 3.56. The van der Waals surface area contributed by atoms with Gasteiger partial charge in [-0.3, -0.25) is 9.78 Å². The van der Waals surface area contributed by atoms with Crippen LogP contribution < -0.4 is 5.32 Å². The zero-order valence-electron chi connectivity index (χ0n) is 9.35. The van der Waals surface area contributed by atoms with Gasteiger partial charge in [0.25, 0.3) is 5.91 Å². The number of hydrogen-bond acceptors (Lipinski definition) is 3. The van der Waals surface area contributed by atoms with E-state index in [1.807, 2.05) is 6.92 Å². The first-order valence-electron chi connectivity index (χ1n) is 5.60. The Balaban J connectivity index is 1.92. The molecule has 1 N–H and O–H groups in total. The highest BCUT2D eigenvalue weighted by Crippen LogP contribution is 2.15. The Bertz CT molecular complexity index is 347. The average Bonchev–Trinajstić information content (AvgIpc) is 2.83. The number of pyridine rings is 1. The van der Waals surface area contributed by atoms with Crippen molar-refractivity contribution in [1.29, 1.82) is 0 Å². The Morgan fingerprint density at radius 2 is 2.56 bits per heavy atom. The van der Waals surface area contributed by atoms with Gasteiger partial charge in [0.15, 0.2) is 0 Å². The van der Waals surface area contributed by atoms with Crippen LogP contribution in [0.1, 0.15) is 30.1 Å². The van der Waals surface area contributed by atoms with E-state index in [1.165, 1.54) is 0 Å². The number of hydrogen-bond donors (Lipinski definition) is 1. The second kappa shape index (κ2) is 5.07. The van der Waals surface area contributed by atoms with E-state index in [1.54, 1.807) is 24.5 Å². The lowest BCUT2D eigenvalue weighted by molar-refractivity contribution is 0.0712. The lowest BCUT2D eigenvalue weighted by Crippen LogP contribution is -2.40. The lowest BCUT2D eigenvalue weighted by atomic mass is 10.1. The van der Waals surface area contributed by atoms with Gasteiger partial charge < -0.3 is 10.1 Å². The largest absolute Gasteiger partial charge is 0.376 e. The van der Waals surface area contributed by atoms with Gasteiger partial charge in [-0.25, -0.2) is 0 Å². The molecule has 1 aliphatic heterocycles. The highest BCUT2D eigenvalue weighted by Gasteiger charge is 2.23. The zero-order valence-corrected chi connectivity index (χ0v) is 9.35. The number of rotatable bonds is 3. The minimum atomic E-state index is -0.0869. The Morgan fingerprint density at radius 1 is 1.69 bits per heavy atom. The normalized spacial score (nSPS) is 21.7. The van der Waals surface area contributed by atoms with E-state index in [2.05, 4.69) is 10.3 Å². The molecule has 2 atom stereocenters. The molecule has 0 radical (unpaired) electrons. The Morgan fingerprint density at radius 3 is 3.19 bits per heavy atom. The van der Waals surface area contributed by atoms with Gasteiger partial charge in [-0.15, -0.1) is 0 Å². The maximum absolute atomic E-state index is 11.8. The summed E-state index contributed by atoms with van der Waals surface area (Å²) in [6.45, 7) is 2.78. The van der Waals surface area contributed by atoms with E-state index in [9.17, 15) is 4.79 Å². The van der Waals surface area contributed by atoms with Crippen LogP contribution in [-0.2, 0) is 4.74 Å². The lowest BCUT2D eigenvalue weighted by Gasteiger charge is -2.19. The standard InChI is InChI=1S/C12H16N2O2/c1-9(11-5-3-7-16-11)14-12(15)10-4-2-6-13-8-10/h2,4,6,8-9,11H,3,5,7H2,1H3,(H,14,15). The molecule has 0 spiro atoms. The Labute approximate surface area is 95.0 Å². The average molecular weight is 220 g/mol. The topological polar surface area (TPSA) is 51.2 Å². The van der Waals surface area contributed by atoms with E-state index in [4.69, 9.17) is 4.74 Å². The molecule has 1 amide bonds. The van der Waals surface area contributed by atoms with Gasteiger partial charge >= 0.3 is 0 Å². The van der Waals surface area contributed by atoms with Gasteiger partial charge in [0, 0.05) is 19.0 Å². The molecule has 4 nitrogen and oxygen atoms in total. The van der Waals surface area contributed by atoms with Gasteiger partial charge in [-0.2, -0.15) is 0 Å². The maximum Gasteiger partial charge on any atom is 0.253 e. The van der Waals surface area contributed by atoms with Crippen molar-refractivity contribution in [1.82, 2.24) is 10.3 Å². The molecule has 0 saturated carbocycles. The molecule has 1 saturated heterocycles. The second-order valence-corrected chi connectivity index (χ2v) is 4.06. The summed E-state index contributed by atoms with van der Waals surface area (Å²) < 4.78 is 5.52. The smallest absolute Gasteiger partial charge is 0.253 e. The fourth-order valence-corrected chi connectivity index (χ4v) is 1.88. The first kappa shape index (κ1) is 11.1. The van der Waals surface area contributed by atoms with Crippen LogP contribution in [0.15, 0.2) is 24.5 Å². The van der Waals surface area contributed by atoms with E-state index < -0.39 is 0 Å². The molecule has 0 aliphatic carbocycles. The van der Waals surface area contributed by atoms with Crippen molar-refractivity contribution in [2.24, 2.45) is 0 Å². The highest BCUT2D eigenvalue weighted by molar-refractivity contribution is 5.94. The maximum atomic E-state index is 11.8. The van der Waals surface area contributed by atoms with Crippen LogP contribution in [0.4, 0.5) is 0 Å². The molecule has 1 aromatic heterocycles. The number of carbonyl (C=O) groups excluding carboxylic acids is 1. The summed E-state index contributed by atoms with van der Waals surface area (Å²) in [4.78, 5) is 15.7. The van der Waals surface area contributed by atoms with Gasteiger partial charge in [0.05, 0.1) is 17.7 Å². The Kier molecular flexibility index (Phi) is 3.51. The fourth-order valence-electron chi connectivity index (χ4n) is 1.88. The minimum Gasteiger partial charge on any atom is -0.376 e. The van der Waals surface area contributed by atoms with Crippen molar-refractivity contribution in [3.8, 4) is 0 Å². The number of carbonyl (C=O) groups is 1. The van der Waals surface area contributed by atoms with Gasteiger partial charge in [-0.05, 0) is 31.9 Å². The molecule has 1 aromatic rings. The number of aromatic nitrogens is 1. The van der Waals surface area contributed by atoms with Crippen molar-refractivity contribution < 1.29 is 9.53 Å². The van der Waals surface area contributed by atoms with Crippen LogP contribution >= 0.6 is 0 Å². The molecule has 1 aliphatic rings. The first-order chi connectivity index (χ1) is 7.77. The van der Waals surface area contributed by atoms with Crippen molar-refractivity contribution >= 4 is 5.91 Å². The van der Waals surface area contributed by atoms with Crippen LogP contribution in [0.2, 0.25) is 0 Å². The summed E-state index contributed by atoms with van der Waals surface area (Å²) in [6.07, 6.45) is 5.48.